The molecule has 0 amide bonds. The summed E-state index contributed by atoms with van der Waals surface area (Å²) in [5.41, 5.74) is 8.87. The quantitative estimate of drug-likeness (QED) is 0.134. The van der Waals surface area contributed by atoms with Gasteiger partial charge in [0.1, 0.15) is 34.9 Å². The summed E-state index contributed by atoms with van der Waals surface area (Å²) in [7, 11) is 6.67. The lowest BCUT2D eigenvalue weighted by molar-refractivity contribution is -0.0444. The highest BCUT2D eigenvalue weighted by Gasteiger charge is 2.46. The number of ether oxygens (including phenoxy) is 6. The number of fused-ring (bicyclic) bond motifs is 2. The zero-order chi connectivity index (χ0) is 41.6. The Labute approximate surface area is 359 Å². The van der Waals surface area contributed by atoms with E-state index in [4.69, 9.17) is 28.4 Å². The van der Waals surface area contributed by atoms with Crippen molar-refractivity contribution in [3.05, 3.63) is 178 Å². The van der Waals surface area contributed by atoms with Crippen LogP contribution in [0.15, 0.2) is 143 Å². The van der Waals surface area contributed by atoms with Gasteiger partial charge in [-0.3, -0.25) is 4.79 Å². The molecule has 6 aromatic carbocycles. The van der Waals surface area contributed by atoms with Gasteiger partial charge in [0.2, 0.25) is 0 Å². The highest BCUT2D eigenvalue weighted by Crippen LogP contribution is 2.53. The van der Waals surface area contributed by atoms with E-state index in [9.17, 15) is 9.90 Å². The Hall–Kier alpha value is -5.49. The molecule has 2 unspecified atom stereocenters. The summed E-state index contributed by atoms with van der Waals surface area (Å²) < 4.78 is 32.9. The van der Waals surface area contributed by atoms with E-state index in [-0.39, 0.29) is 5.92 Å². The van der Waals surface area contributed by atoms with E-state index < -0.39 is 11.9 Å². The fourth-order valence-corrected chi connectivity index (χ4v) is 10.5. The van der Waals surface area contributed by atoms with Gasteiger partial charge < -0.3 is 33.5 Å². The summed E-state index contributed by atoms with van der Waals surface area (Å²) in [6, 6.07) is 43.9. The molecule has 3 aliphatic rings. The van der Waals surface area contributed by atoms with Crippen LogP contribution < -0.4 is 18.9 Å². The lowest BCUT2D eigenvalue weighted by Crippen LogP contribution is -2.39. The molecule has 0 radical (unpaired) electrons. The Bertz CT molecular complexity index is 2490. The second-order valence-corrected chi connectivity index (χ2v) is 16.5. The third kappa shape index (κ3) is 8.31. The molecule has 1 fully saturated rings. The maximum atomic E-state index is 12.5. The molecule has 1 N–H and O–H groups in total. The molecule has 0 aromatic heterocycles. The standard InChI is InChI=1S/C26H26O5S.C24H20O3S/c1-28-20-8-6-17(7-9-20)23-16-32-24-15-21(29-2)10-11-22(24)26(23,27)19-5-3-4-18(14-19)25-30-12-13-31-25;1-26-19-8-6-17(7-9-19)22-15-28-23-13-20(27-2)10-11-21(23)24(22)18-5-3-4-16(12-18)14-25/h3-11,14-15,23,25,27H,12-13,16H2,1-2H3;3-14H,15H2,1-2H3. The number of hydrogen-bond donors (Lipinski definition) is 1. The van der Waals surface area contributed by atoms with E-state index in [1.165, 1.54) is 10.5 Å². The smallest absolute Gasteiger partial charge is 0.184 e. The Kier molecular flexibility index (Phi) is 12.7. The van der Waals surface area contributed by atoms with Gasteiger partial charge in [-0.1, -0.05) is 66.7 Å². The second kappa shape index (κ2) is 18.4. The van der Waals surface area contributed by atoms with Crippen LogP contribution in [0.25, 0.3) is 11.1 Å². The van der Waals surface area contributed by atoms with Crippen molar-refractivity contribution in [2.45, 2.75) is 27.6 Å². The van der Waals surface area contributed by atoms with Crippen LogP contribution in [-0.2, 0) is 15.1 Å². The van der Waals surface area contributed by atoms with Crippen molar-refractivity contribution in [3.63, 3.8) is 0 Å². The first-order valence-electron chi connectivity index (χ1n) is 19.6. The fourth-order valence-electron chi connectivity index (χ4n) is 8.01. The summed E-state index contributed by atoms with van der Waals surface area (Å²) >= 11 is 3.54. The lowest BCUT2D eigenvalue weighted by Gasteiger charge is -2.42. The number of aldehydes is 1. The van der Waals surface area contributed by atoms with Gasteiger partial charge in [-0.15, -0.1) is 23.5 Å². The number of hydrogen-bond acceptors (Lipinski definition) is 10. The predicted molar refractivity (Wildman–Crippen MR) is 238 cm³/mol. The zero-order valence-corrected chi connectivity index (χ0v) is 35.5. The van der Waals surface area contributed by atoms with E-state index in [1.807, 2.05) is 103 Å². The maximum Gasteiger partial charge on any atom is 0.184 e. The monoisotopic (exact) mass is 838 g/mol. The van der Waals surface area contributed by atoms with Crippen molar-refractivity contribution in [2.75, 3.05) is 53.2 Å². The lowest BCUT2D eigenvalue weighted by atomic mass is 9.73. The summed E-state index contributed by atoms with van der Waals surface area (Å²) in [4.78, 5) is 13.5. The van der Waals surface area contributed by atoms with Crippen LogP contribution in [0.4, 0.5) is 0 Å². The molecule has 3 aliphatic heterocycles. The number of rotatable bonds is 10. The Morgan fingerprint density at radius 2 is 1.27 bits per heavy atom. The molecule has 1 saturated heterocycles. The van der Waals surface area contributed by atoms with E-state index in [0.29, 0.717) is 18.8 Å². The number of carbonyl (C=O) groups excluding carboxylic acids is 1. The van der Waals surface area contributed by atoms with Gasteiger partial charge in [0, 0.05) is 43.9 Å². The highest BCUT2D eigenvalue weighted by molar-refractivity contribution is 8.00. The summed E-state index contributed by atoms with van der Waals surface area (Å²) in [6.45, 7) is 1.15. The van der Waals surface area contributed by atoms with Gasteiger partial charge >= 0.3 is 0 Å². The van der Waals surface area contributed by atoms with Crippen LogP contribution in [0.1, 0.15) is 61.5 Å². The first-order valence-corrected chi connectivity index (χ1v) is 21.6. The van der Waals surface area contributed by atoms with Crippen molar-refractivity contribution in [3.8, 4) is 23.0 Å². The second-order valence-electron chi connectivity index (χ2n) is 14.4. The van der Waals surface area contributed by atoms with Gasteiger partial charge in [0.15, 0.2) is 6.29 Å². The van der Waals surface area contributed by atoms with Crippen molar-refractivity contribution < 1.29 is 38.3 Å². The SMILES string of the molecule is COc1ccc(C2=C(c3cccc(C=O)c3)c3ccc(OC)cc3SC2)cc1.COc1ccc(C2CSc3cc(OC)ccc3C2(O)c2cccc(C3OCCO3)c2)cc1. The Morgan fingerprint density at radius 3 is 1.95 bits per heavy atom. The van der Waals surface area contributed by atoms with Crippen molar-refractivity contribution >= 4 is 41.0 Å². The summed E-state index contributed by atoms with van der Waals surface area (Å²) in [5.74, 6) is 4.67. The molecule has 8 nitrogen and oxygen atoms in total. The van der Waals surface area contributed by atoms with Gasteiger partial charge in [0.05, 0.1) is 41.7 Å². The maximum absolute atomic E-state index is 12.5. The number of aliphatic hydroxyl groups is 1. The predicted octanol–water partition coefficient (Wildman–Crippen LogP) is 10.5. The van der Waals surface area contributed by atoms with E-state index in [0.717, 1.165) is 90.2 Å². The Morgan fingerprint density at radius 1 is 0.633 bits per heavy atom. The molecule has 0 saturated carbocycles. The largest absolute Gasteiger partial charge is 0.497 e. The van der Waals surface area contributed by atoms with E-state index in [2.05, 4.69) is 30.3 Å². The molecular weight excluding hydrogens is 793 g/mol. The normalized spacial score (nSPS) is 18.4. The van der Waals surface area contributed by atoms with Crippen LogP contribution in [0.2, 0.25) is 0 Å². The third-order valence-electron chi connectivity index (χ3n) is 11.1. The molecule has 9 rings (SSSR count). The topological polar surface area (TPSA) is 92.7 Å². The first kappa shape index (κ1) is 41.3. The van der Waals surface area contributed by atoms with Crippen LogP contribution in [0.5, 0.6) is 23.0 Å². The van der Waals surface area contributed by atoms with E-state index >= 15 is 0 Å². The van der Waals surface area contributed by atoms with Gasteiger partial charge in [-0.25, -0.2) is 0 Å². The highest BCUT2D eigenvalue weighted by atomic mass is 32.2. The van der Waals surface area contributed by atoms with Gasteiger partial charge in [0.25, 0.3) is 0 Å². The molecular formula is C50H46O8S2. The average molecular weight is 839 g/mol. The molecule has 0 spiro atoms. The van der Waals surface area contributed by atoms with Crippen LogP contribution >= 0.6 is 23.5 Å². The number of carbonyl (C=O) groups is 1. The van der Waals surface area contributed by atoms with Crippen molar-refractivity contribution in [1.82, 2.24) is 0 Å². The van der Waals surface area contributed by atoms with E-state index in [1.54, 1.807) is 52.0 Å². The van der Waals surface area contributed by atoms with Crippen LogP contribution in [-0.4, -0.2) is 64.6 Å². The fraction of sp³-hybridized carbons (Fsp3) is 0.220. The number of methoxy groups -OCH3 is 4. The molecule has 306 valence electrons. The summed E-state index contributed by atoms with van der Waals surface area (Å²) in [6.07, 6.45) is 0.496. The molecule has 10 heteroatoms. The minimum atomic E-state index is -1.23. The van der Waals surface area contributed by atoms with Crippen LogP contribution in [0, 0.1) is 0 Å². The molecule has 6 aromatic rings. The molecule has 3 heterocycles. The number of benzene rings is 6. The average Bonchev–Trinajstić information content (AvgIpc) is 3.87. The molecule has 0 aliphatic carbocycles. The Balaban J connectivity index is 0.000000168. The molecule has 60 heavy (non-hydrogen) atoms. The minimum Gasteiger partial charge on any atom is -0.497 e. The van der Waals surface area contributed by atoms with Gasteiger partial charge in [-0.2, -0.15) is 0 Å². The minimum absolute atomic E-state index is 0.153. The number of thioether (sulfide) groups is 2. The van der Waals surface area contributed by atoms with Gasteiger partial charge in [-0.05, 0) is 106 Å². The van der Waals surface area contributed by atoms with Crippen molar-refractivity contribution in [2.24, 2.45) is 0 Å². The molecule has 0 bridgehead atoms. The third-order valence-corrected chi connectivity index (χ3v) is 13.4. The van der Waals surface area contributed by atoms with Crippen LogP contribution in [0.3, 0.4) is 0 Å². The zero-order valence-electron chi connectivity index (χ0n) is 33.9. The molecule has 2 atom stereocenters. The van der Waals surface area contributed by atoms with Crippen molar-refractivity contribution in [1.29, 1.82) is 0 Å². The summed E-state index contributed by atoms with van der Waals surface area (Å²) in [5, 5.41) is 12.5. The first-order chi connectivity index (χ1) is 29.4.